The van der Waals surface area contributed by atoms with Crippen LogP contribution in [0.3, 0.4) is 0 Å². The van der Waals surface area contributed by atoms with Crippen molar-refractivity contribution in [1.29, 1.82) is 0 Å². The summed E-state index contributed by atoms with van der Waals surface area (Å²) in [5.41, 5.74) is 0.262. The van der Waals surface area contributed by atoms with E-state index in [1.165, 1.54) is 0 Å². The van der Waals surface area contributed by atoms with Crippen molar-refractivity contribution in [1.82, 2.24) is 0 Å². The molecular formula is C18H23NO5. The van der Waals surface area contributed by atoms with Crippen LogP contribution in [0.5, 0.6) is 0 Å². The summed E-state index contributed by atoms with van der Waals surface area (Å²) in [6.07, 6.45) is 1.61. The van der Waals surface area contributed by atoms with Crippen molar-refractivity contribution in [2.24, 2.45) is 0 Å². The highest BCUT2D eigenvalue weighted by Gasteiger charge is 2.26. The lowest BCUT2D eigenvalue weighted by molar-refractivity contribution is -0.129. The Morgan fingerprint density at radius 1 is 1.12 bits per heavy atom. The van der Waals surface area contributed by atoms with Gasteiger partial charge in [0.2, 0.25) is 0 Å². The van der Waals surface area contributed by atoms with E-state index in [0.29, 0.717) is 24.1 Å². The van der Waals surface area contributed by atoms with Crippen molar-refractivity contribution in [2.75, 3.05) is 5.32 Å². The van der Waals surface area contributed by atoms with Crippen LogP contribution in [0.2, 0.25) is 0 Å². The molecule has 6 nitrogen and oxygen atoms in total. The number of amides is 1. The Labute approximate surface area is 141 Å². The molecule has 130 valence electrons. The van der Waals surface area contributed by atoms with Gasteiger partial charge < -0.3 is 9.47 Å². The van der Waals surface area contributed by atoms with E-state index < -0.39 is 23.8 Å². The number of ether oxygens (including phenoxy) is 2. The second kappa shape index (κ2) is 7.47. The van der Waals surface area contributed by atoms with Crippen molar-refractivity contribution < 1.29 is 23.9 Å². The molecule has 1 atom stereocenters. The SMILES string of the molecule is CC(C)(C)OC(=O)Nc1ccc(C(=O)O[C@@H]2CCCCC2=O)cc1. The predicted molar refractivity (Wildman–Crippen MR) is 89.0 cm³/mol. The first kappa shape index (κ1) is 18.0. The quantitative estimate of drug-likeness (QED) is 0.853. The van der Waals surface area contributed by atoms with E-state index in [1.54, 1.807) is 45.0 Å². The molecular weight excluding hydrogens is 310 g/mol. The van der Waals surface area contributed by atoms with Crippen LogP contribution < -0.4 is 5.32 Å². The lowest BCUT2D eigenvalue weighted by Crippen LogP contribution is -2.30. The molecule has 2 rings (SSSR count). The fourth-order valence-electron chi connectivity index (χ4n) is 2.38. The average molecular weight is 333 g/mol. The first-order chi connectivity index (χ1) is 11.2. The van der Waals surface area contributed by atoms with Crippen LogP contribution in [0.25, 0.3) is 0 Å². The van der Waals surface area contributed by atoms with E-state index in [0.717, 1.165) is 12.8 Å². The van der Waals surface area contributed by atoms with Gasteiger partial charge in [-0.05, 0) is 64.3 Å². The maximum absolute atomic E-state index is 12.1. The van der Waals surface area contributed by atoms with Gasteiger partial charge in [0.1, 0.15) is 5.60 Å². The van der Waals surface area contributed by atoms with E-state index >= 15 is 0 Å². The molecule has 0 heterocycles. The van der Waals surface area contributed by atoms with Gasteiger partial charge in [-0.15, -0.1) is 0 Å². The fourth-order valence-corrected chi connectivity index (χ4v) is 2.38. The third kappa shape index (κ3) is 5.37. The summed E-state index contributed by atoms with van der Waals surface area (Å²) >= 11 is 0. The molecule has 1 aromatic carbocycles. The number of rotatable bonds is 3. The Morgan fingerprint density at radius 2 is 1.79 bits per heavy atom. The third-order valence-electron chi connectivity index (χ3n) is 3.51. The minimum Gasteiger partial charge on any atom is -0.451 e. The second-order valence-electron chi connectivity index (χ2n) is 6.81. The summed E-state index contributed by atoms with van der Waals surface area (Å²) in [7, 11) is 0. The lowest BCUT2D eigenvalue weighted by atomic mass is 9.96. The standard InChI is InChI=1S/C18H23NO5/c1-18(2,3)24-17(22)19-13-10-8-12(9-11-13)16(21)23-15-7-5-4-6-14(15)20/h8-11,15H,4-7H2,1-3H3,(H,19,22)/t15-/m1/s1. The highest BCUT2D eigenvalue weighted by Crippen LogP contribution is 2.19. The number of hydrogen-bond donors (Lipinski definition) is 1. The van der Waals surface area contributed by atoms with E-state index in [9.17, 15) is 14.4 Å². The van der Waals surface area contributed by atoms with Crippen LogP contribution in [0, 0.1) is 0 Å². The lowest BCUT2D eigenvalue weighted by Gasteiger charge is -2.21. The van der Waals surface area contributed by atoms with Gasteiger partial charge in [-0.2, -0.15) is 0 Å². The number of benzene rings is 1. The number of anilines is 1. The van der Waals surface area contributed by atoms with Crippen molar-refractivity contribution in [3.05, 3.63) is 29.8 Å². The first-order valence-electron chi connectivity index (χ1n) is 8.08. The molecule has 0 bridgehead atoms. The number of Topliss-reactive ketones (excluding diaryl/α,β-unsaturated/α-hetero) is 1. The second-order valence-corrected chi connectivity index (χ2v) is 6.81. The van der Waals surface area contributed by atoms with E-state index in [4.69, 9.17) is 9.47 Å². The third-order valence-corrected chi connectivity index (χ3v) is 3.51. The van der Waals surface area contributed by atoms with Gasteiger partial charge in [-0.1, -0.05) is 0 Å². The Hall–Kier alpha value is -2.37. The molecule has 0 aliphatic heterocycles. The topological polar surface area (TPSA) is 81.7 Å². The van der Waals surface area contributed by atoms with Gasteiger partial charge in [-0.3, -0.25) is 10.1 Å². The number of nitrogens with one attached hydrogen (secondary N) is 1. The molecule has 6 heteroatoms. The zero-order valence-electron chi connectivity index (χ0n) is 14.3. The Morgan fingerprint density at radius 3 is 2.38 bits per heavy atom. The molecule has 1 amide bonds. The fraction of sp³-hybridized carbons (Fsp3) is 0.500. The number of ketones is 1. The normalized spacial score (nSPS) is 18.0. The number of carbonyl (C=O) groups excluding carboxylic acids is 3. The molecule has 1 N–H and O–H groups in total. The molecule has 0 unspecified atom stereocenters. The van der Waals surface area contributed by atoms with Gasteiger partial charge in [0.25, 0.3) is 0 Å². The van der Waals surface area contributed by atoms with Crippen molar-refractivity contribution in [2.45, 2.75) is 58.2 Å². The molecule has 0 radical (unpaired) electrons. The molecule has 0 aromatic heterocycles. The summed E-state index contributed by atoms with van der Waals surface area (Å²) in [6.45, 7) is 5.33. The zero-order valence-corrected chi connectivity index (χ0v) is 14.3. The molecule has 0 saturated heterocycles. The molecule has 1 aliphatic rings. The van der Waals surface area contributed by atoms with Crippen LogP contribution in [0.1, 0.15) is 56.8 Å². The summed E-state index contributed by atoms with van der Waals surface area (Å²) in [5.74, 6) is -0.545. The van der Waals surface area contributed by atoms with Crippen molar-refractivity contribution in [3.63, 3.8) is 0 Å². The molecule has 24 heavy (non-hydrogen) atoms. The Kier molecular flexibility index (Phi) is 5.59. The number of esters is 1. The Balaban J connectivity index is 1.92. The highest BCUT2D eigenvalue weighted by molar-refractivity contribution is 5.94. The van der Waals surface area contributed by atoms with Crippen LogP contribution in [0.4, 0.5) is 10.5 Å². The largest absolute Gasteiger partial charge is 0.451 e. The van der Waals surface area contributed by atoms with Crippen LogP contribution in [-0.4, -0.2) is 29.6 Å². The summed E-state index contributed by atoms with van der Waals surface area (Å²) < 4.78 is 10.4. The number of hydrogen-bond acceptors (Lipinski definition) is 5. The molecule has 1 aromatic rings. The van der Waals surface area contributed by atoms with E-state index in [-0.39, 0.29) is 5.78 Å². The van der Waals surface area contributed by atoms with Gasteiger partial charge in [0, 0.05) is 12.1 Å². The maximum Gasteiger partial charge on any atom is 0.412 e. The highest BCUT2D eigenvalue weighted by atomic mass is 16.6. The van der Waals surface area contributed by atoms with Crippen LogP contribution in [-0.2, 0) is 14.3 Å². The van der Waals surface area contributed by atoms with Crippen molar-refractivity contribution >= 4 is 23.5 Å². The molecule has 1 fully saturated rings. The van der Waals surface area contributed by atoms with Gasteiger partial charge in [0.05, 0.1) is 5.56 Å². The molecule has 1 saturated carbocycles. The van der Waals surface area contributed by atoms with E-state index in [1.807, 2.05) is 0 Å². The summed E-state index contributed by atoms with van der Waals surface area (Å²) in [4.78, 5) is 35.5. The summed E-state index contributed by atoms with van der Waals surface area (Å²) in [6, 6.07) is 6.26. The maximum atomic E-state index is 12.1. The predicted octanol–water partition coefficient (Wildman–Crippen LogP) is 3.70. The van der Waals surface area contributed by atoms with Crippen LogP contribution in [0.15, 0.2) is 24.3 Å². The summed E-state index contributed by atoms with van der Waals surface area (Å²) in [5, 5.41) is 2.59. The Bertz CT molecular complexity index is 615. The first-order valence-corrected chi connectivity index (χ1v) is 8.08. The number of carbonyl (C=O) groups is 3. The monoisotopic (exact) mass is 333 g/mol. The molecule has 0 spiro atoms. The molecule has 1 aliphatic carbocycles. The smallest absolute Gasteiger partial charge is 0.412 e. The van der Waals surface area contributed by atoms with Crippen LogP contribution >= 0.6 is 0 Å². The van der Waals surface area contributed by atoms with Gasteiger partial charge in [-0.25, -0.2) is 9.59 Å². The minimum atomic E-state index is -0.634. The zero-order chi connectivity index (χ0) is 17.7. The van der Waals surface area contributed by atoms with Gasteiger partial charge >= 0.3 is 12.1 Å². The minimum absolute atomic E-state index is 0.0159. The van der Waals surface area contributed by atoms with E-state index in [2.05, 4.69) is 5.32 Å². The van der Waals surface area contributed by atoms with Crippen molar-refractivity contribution in [3.8, 4) is 0 Å². The van der Waals surface area contributed by atoms with Gasteiger partial charge in [0.15, 0.2) is 11.9 Å². The average Bonchev–Trinajstić information content (AvgIpc) is 2.48.